The summed E-state index contributed by atoms with van der Waals surface area (Å²) in [7, 11) is 0. The molecule has 3 aliphatic rings. The van der Waals surface area contributed by atoms with E-state index in [1.807, 2.05) is 20.8 Å². The van der Waals surface area contributed by atoms with Crippen LogP contribution in [0.3, 0.4) is 0 Å². The van der Waals surface area contributed by atoms with Crippen molar-refractivity contribution in [2.75, 3.05) is 5.73 Å². The Morgan fingerprint density at radius 3 is 2.62 bits per heavy atom. The van der Waals surface area contributed by atoms with Crippen LogP contribution in [-0.4, -0.2) is 21.3 Å². The van der Waals surface area contributed by atoms with Crippen molar-refractivity contribution in [1.29, 1.82) is 0 Å². The Hall–Kier alpha value is -2.43. The van der Waals surface area contributed by atoms with Crippen molar-refractivity contribution in [2.45, 2.75) is 77.2 Å². The van der Waals surface area contributed by atoms with E-state index in [-0.39, 0.29) is 0 Å². The highest BCUT2D eigenvalue weighted by Gasteiger charge is 2.42. The van der Waals surface area contributed by atoms with Crippen LogP contribution >= 0.6 is 0 Å². The molecule has 2 heterocycles. The first-order valence-corrected chi connectivity index (χ1v) is 10.8. The molecule has 0 saturated heterocycles. The van der Waals surface area contributed by atoms with Gasteiger partial charge in [0.1, 0.15) is 11.4 Å². The maximum Gasteiger partial charge on any atom is 0.246 e. The summed E-state index contributed by atoms with van der Waals surface area (Å²) >= 11 is 0. The summed E-state index contributed by atoms with van der Waals surface area (Å²) in [5.41, 5.74) is 11.6. The molecule has 0 atom stereocenters. The standard InChI is InChI=1S/C24H30N4O/c1-14-7-10-24(11-8-14)12-9-16-13-17(5-6-18(16)24)20-23(3,4)29-22-19(28-20)21(25)26-15(2)27-22/h5-6,13-14H,7-12H2,1-4H3,(H2,25,26,27). The van der Waals surface area contributed by atoms with Crippen molar-refractivity contribution < 1.29 is 4.74 Å². The first-order chi connectivity index (χ1) is 13.8. The van der Waals surface area contributed by atoms with Crippen molar-refractivity contribution in [2.24, 2.45) is 10.9 Å². The first kappa shape index (κ1) is 18.6. The number of nitrogens with two attached hydrogens (primary N) is 1. The van der Waals surface area contributed by atoms with Gasteiger partial charge in [-0.3, -0.25) is 0 Å². The average Bonchev–Trinajstić information content (AvgIpc) is 3.00. The lowest BCUT2D eigenvalue weighted by Gasteiger charge is -2.37. The molecule has 2 N–H and O–H groups in total. The van der Waals surface area contributed by atoms with E-state index in [0.717, 1.165) is 23.6 Å². The highest BCUT2D eigenvalue weighted by atomic mass is 16.5. The molecule has 5 heteroatoms. The van der Waals surface area contributed by atoms with Crippen LogP contribution in [-0.2, 0) is 11.8 Å². The summed E-state index contributed by atoms with van der Waals surface area (Å²) in [4.78, 5) is 13.6. The van der Waals surface area contributed by atoms with E-state index in [0.29, 0.717) is 28.6 Å². The molecule has 29 heavy (non-hydrogen) atoms. The molecule has 1 saturated carbocycles. The van der Waals surface area contributed by atoms with Gasteiger partial charge in [-0.25, -0.2) is 9.98 Å². The Morgan fingerprint density at radius 1 is 1.10 bits per heavy atom. The second kappa shape index (κ2) is 6.28. The van der Waals surface area contributed by atoms with Crippen LogP contribution in [0.15, 0.2) is 23.2 Å². The number of aromatic nitrogens is 2. The highest BCUT2D eigenvalue weighted by Crippen LogP contribution is 2.50. The topological polar surface area (TPSA) is 73.4 Å². The maximum atomic E-state index is 6.23. The SMILES string of the molecule is Cc1nc(N)c2c(n1)OC(C)(C)C(c1ccc3c(c1)CCC31CCC(C)CC1)=N2. The molecule has 0 amide bonds. The van der Waals surface area contributed by atoms with Gasteiger partial charge in [-0.05, 0) is 87.8 Å². The van der Waals surface area contributed by atoms with Crippen molar-refractivity contribution in [3.63, 3.8) is 0 Å². The van der Waals surface area contributed by atoms with Crippen molar-refractivity contribution in [1.82, 2.24) is 9.97 Å². The van der Waals surface area contributed by atoms with Gasteiger partial charge < -0.3 is 10.5 Å². The van der Waals surface area contributed by atoms with Gasteiger partial charge in [-0.2, -0.15) is 4.98 Å². The Bertz CT molecular complexity index is 1020. The number of benzene rings is 1. The fourth-order valence-corrected chi connectivity index (χ4v) is 5.49. The third kappa shape index (κ3) is 2.93. The molecule has 2 aromatic rings. The third-order valence-corrected chi connectivity index (χ3v) is 7.19. The molecule has 1 aromatic heterocycles. The second-order valence-corrected chi connectivity index (χ2v) is 9.72. The summed E-state index contributed by atoms with van der Waals surface area (Å²) < 4.78 is 6.23. The molecule has 1 spiro atoms. The normalized spacial score (nSPS) is 27.2. The molecule has 152 valence electrons. The summed E-state index contributed by atoms with van der Waals surface area (Å²) in [6.45, 7) is 8.29. The average molecular weight is 391 g/mol. The van der Waals surface area contributed by atoms with Gasteiger partial charge in [0.25, 0.3) is 0 Å². The molecular formula is C24H30N4O. The van der Waals surface area contributed by atoms with Gasteiger partial charge in [0.15, 0.2) is 11.5 Å². The van der Waals surface area contributed by atoms with Crippen LogP contribution in [0.1, 0.15) is 75.4 Å². The molecule has 2 aliphatic carbocycles. The van der Waals surface area contributed by atoms with E-state index < -0.39 is 5.60 Å². The lowest BCUT2D eigenvalue weighted by atomic mass is 9.67. The Balaban J connectivity index is 1.56. The van der Waals surface area contributed by atoms with Crippen LogP contribution in [0, 0.1) is 12.8 Å². The molecule has 1 aliphatic heterocycles. The number of ether oxygens (including phenoxy) is 1. The number of rotatable bonds is 1. The van der Waals surface area contributed by atoms with Crippen LogP contribution in [0.25, 0.3) is 0 Å². The lowest BCUT2D eigenvalue weighted by Crippen LogP contribution is -2.41. The van der Waals surface area contributed by atoms with E-state index >= 15 is 0 Å². The zero-order valence-corrected chi connectivity index (χ0v) is 17.9. The van der Waals surface area contributed by atoms with Gasteiger partial charge in [0.2, 0.25) is 5.88 Å². The Morgan fingerprint density at radius 2 is 1.86 bits per heavy atom. The van der Waals surface area contributed by atoms with Crippen LogP contribution < -0.4 is 10.5 Å². The minimum atomic E-state index is -0.578. The molecule has 0 bridgehead atoms. The minimum absolute atomic E-state index is 0.372. The van der Waals surface area contributed by atoms with Gasteiger partial charge in [0, 0.05) is 5.56 Å². The zero-order valence-electron chi connectivity index (χ0n) is 17.9. The smallest absolute Gasteiger partial charge is 0.246 e. The largest absolute Gasteiger partial charge is 0.463 e. The summed E-state index contributed by atoms with van der Waals surface area (Å²) in [5.74, 6) is 2.31. The summed E-state index contributed by atoms with van der Waals surface area (Å²) in [6.07, 6.45) is 7.81. The van der Waals surface area contributed by atoms with E-state index in [4.69, 9.17) is 15.5 Å². The van der Waals surface area contributed by atoms with E-state index in [1.165, 1.54) is 37.7 Å². The van der Waals surface area contributed by atoms with E-state index in [1.54, 1.807) is 5.56 Å². The van der Waals surface area contributed by atoms with Crippen LogP contribution in [0.2, 0.25) is 0 Å². The monoisotopic (exact) mass is 390 g/mol. The molecule has 5 nitrogen and oxygen atoms in total. The lowest BCUT2D eigenvalue weighted by molar-refractivity contribution is 0.171. The maximum absolute atomic E-state index is 6.23. The number of nitrogen functional groups attached to an aromatic ring is 1. The number of anilines is 1. The minimum Gasteiger partial charge on any atom is -0.463 e. The number of aliphatic imine (C=N–C) groups is 1. The van der Waals surface area contributed by atoms with Gasteiger partial charge in [-0.15, -0.1) is 0 Å². The van der Waals surface area contributed by atoms with Gasteiger partial charge >= 0.3 is 0 Å². The number of hydrogen-bond acceptors (Lipinski definition) is 5. The molecular weight excluding hydrogens is 360 g/mol. The van der Waals surface area contributed by atoms with Crippen LogP contribution in [0.5, 0.6) is 5.88 Å². The molecule has 0 unspecified atom stereocenters. The summed E-state index contributed by atoms with van der Waals surface area (Å²) in [6, 6.07) is 6.92. The quantitative estimate of drug-likeness (QED) is 0.739. The van der Waals surface area contributed by atoms with Crippen molar-refractivity contribution in [3.8, 4) is 5.88 Å². The highest BCUT2D eigenvalue weighted by molar-refractivity contribution is 6.09. The first-order valence-electron chi connectivity index (χ1n) is 10.8. The van der Waals surface area contributed by atoms with Crippen molar-refractivity contribution >= 4 is 17.2 Å². The molecule has 0 radical (unpaired) electrons. The molecule has 5 rings (SSSR count). The molecule has 1 fully saturated rings. The van der Waals surface area contributed by atoms with E-state index in [2.05, 4.69) is 35.1 Å². The predicted molar refractivity (Wildman–Crippen MR) is 116 cm³/mol. The fourth-order valence-electron chi connectivity index (χ4n) is 5.49. The molecule has 1 aromatic carbocycles. The fraction of sp³-hybridized carbons (Fsp3) is 0.542. The van der Waals surface area contributed by atoms with Crippen molar-refractivity contribution in [3.05, 3.63) is 40.7 Å². The Labute approximate surface area is 172 Å². The zero-order chi connectivity index (χ0) is 20.4. The van der Waals surface area contributed by atoms with Gasteiger partial charge in [-0.1, -0.05) is 19.1 Å². The Kier molecular flexibility index (Phi) is 4.03. The van der Waals surface area contributed by atoms with Gasteiger partial charge in [0.05, 0.1) is 5.71 Å². The third-order valence-electron chi connectivity index (χ3n) is 7.19. The predicted octanol–water partition coefficient (Wildman–Crippen LogP) is 5.05. The number of hydrogen-bond donors (Lipinski definition) is 1. The second-order valence-electron chi connectivity index (χ2n) is 9.72. The summed E-state index contributed by atoms with van der Waals surface area (Å²) in [5, 5.41) is 0. The number of fused-ring (bicyclic) bond motifs is 3. The van der Waals surface area contributed by atoms with E-state index in [9.17, 15) is 0 Å². The number of aryl methyl sites for hydroxylation is 2. The van der Waals surface area contributed by atoms with Crippen LogP contribution in [0.4, 0.5) is 11.5 Å². The number of nitrogens with zero attached hydrogens (tertiary/aromatic N) is 3.